The van der Waals surface area contributed by atoms with Crippen LogP contribution in [0.3, 0.4) is 0 Å². The van der Waals surface area contributed by atoms with Crippen LogP contribution in [0.1, 0.15) is 31.5 Å². The maximum Gasteiger partial charge on any atom is 0.0490 e. The predicted molar refractivity (Wildman–Crippen MR) is 107 cm³/mol. The molecule has 120 valence electrons. The number of benzene rings is 1. The molecule has 0 amide bonds. The second-order valence-electron chi connectivity index (χ2n) is 8.27. The third-order valence-corrected chi connectivity index (χ3v) is 34.6. The summed E-state index contributed by atoms with van der Waals surface area (Å²) >= 11 is 0. The minimum Gasteiger partial charge on any atom is -0.0710 e. The van der Waals surface area contributed by atoms with Crippen LogP contribution in [0, 0.1) is 0 Å². The van der Waals surface area contributed by atoms with Crippen molar-refractivity contribution in [3.05, 3.63) is 35.9 Å². The smallest absolute Gasteiger partial charge is 0.0490 e. The highest BCUT2D eigenvalue weighted by Crippen LogP contribution is 2.44. The van der Waals surface area contributed by atoms with E-state index in [9.17, 15) is 0 Å². The van der Waals surface area contributed by atoms with Gasteiger partial charge in [-0.15, -0.1) is 0 Å². The highest BCUT2D eigenvalue weighted by molar-refractivity contribution is 7.44. The Balaban J connectivity index is 3.45. The first-order chi connectivity index (χ1) is 9.66. The van der Waals surface area contributed by atoms with Crippen LogP contribution >= 0.6 is 0 Å². The molecular weight excluding hydrogens is 300 g/mol. The number of hydrogen-bond acceptors (Lipinski definition) is 0. The van der Waals surface area contributed by atoms with E-state index in [2.05, 4.69) is 83.8 Å². The Morgan fingerprint density at radius 2 is 1.19 bits per heavy atom. The fourth-order valence-electron chi connectivity index (χ4n) is 5.07. The van der Waals surface area contributed by atoms with Gasteiger partial charge in [0.25, 0.3) is 0 Å². The topological polar surface area (TPSA) is 0 Å². The van der Waals surface area contributed by atoms with Gasteiger partial charge in [-0.25, -0.2) is 0 Å². The van der Waals surface area contributed by atoms with Gasteiger partial charge in [-0.2, -0.15) is 0 Å². The van der Waals surface area contributed by atoms with E-state index in [0.717, 1.165) is 5.16 Å². The van der Waals surface area contributed by atoms with Gasteiger partial charge in [0.1, 0.15) is 0 Å². The monoisotopic (exact) mass is 336 g/mol. The summed E-state index contributed by atoms with van der Waals surface area (Å²) in [7, 11) is -3.64. The van der Waals surface area contributed by atoms with E-state index in [0.29, 0.717) is 0 Å². The molecule has 0 aliphatic rings. The van der Waals surface area contributed by atoms with Gasteiger partial charge in [-0.05, 0) is 5.16 Å². The summed E-state index contributed by atoms with van der Waals surface area (Å²) in [4.78, 5) is 0. The van der Waals surface area contributed by atoms with Gasteiger partial charge in [0, 0.05) is 23.3 Å². The molecule has 0 heterocycles. The summed E-state index contributed by atoms with van der Waals surface area (Å²) in [5.41, 5.74) is 1.65. The molecule has 1 aromatic rings. The van der Waals surface area contributed by atoms with Gasteiger partial charge < -0.3 is 0 Å². The first kappa shape index (κ1) is 18.9. The molecule has 21 heavy (non-hydrogen) atoms. The second-order valence-corrected chi connectivity index (χ2v) is 29.9. The summed E-state index contributed by atoms with van der Waals surface area (Å²) in [6.45, 7) is 20.7. The zero-order valence-corrected chi connectivity index (χ0v) is 18.6. The molecule has 1 unspecified atom stereocenters. The maximum atomic E-state index is 2.74. The van der Waals surface area contributed by atoms with E-state index in [1.807, 2.05) is 0 Å². The third kappa shape index (κ3) is 3.62. The van der Waals surface area contributed by atoms with Crippen LogP contribution in [0.2, 0.25) is 50.9 Å². The Morgan fingerprint density at radius 3 is 1.52 bits per heavy atom. The molecule has 0 fully saturated rings. The molecule has 3 heteroatoms. The van der Waals surface area contributed by atoms with Crippen molar-refractivity contribution in [1.29, 1.82) is 0 Å². The van der Waals surface area contributed by atoms with Crippen molar-refractivity contribution in [3.63, 3.8) is 0 Å². The molecule has 0 bridgehead atoms. The normalized spacial score (nSPS) is 15.0. The van der Waals surface area contributed by atoms with Crippen LogP contribution in [-0.4, -0.2) is 23.3 Å². The van der Waals surface area contributed by atoms with E-state index >= 15 is 0 Å². The van der Waals surface area contributed by atoms with Crippen molar-refractivity contribution in [2.24, 2.45) is 0 Å². The molecule has 0 saturated carbocycles. The van der Waals surface area contributed by atoms with Crippen molar-refractivity contribution in [1.82, 2.24) is 0 Å². The van der Waals surface area contributed by atoms with Crippen molar-refractivity contribution in [2.45, 2.75) is 76.8 Å². The van der Waals surface area contributed by atoms with Crippen LogP contribution in [0.4, 0.5) is 0 Å². The molecule has 1 rings (SSSR count). The largest absolute Gasteiger partial charge is 0.0710 e. The molecule has 0 saturated heterocycles. The zero-order valence-electron chi connectivity index (χ0n) is 15.6. The van der Waals surface area contributed by atoms with E-state index in [-0.39, 0.29) is 0 Å². The summed E-state index contributed by atoms with van der Waals surface area (Å²) < 4.78 is 0. The van der Waals surface area contributed by atoms with Gasteiger partial charge in [-0.1, -0.05) is 108 Å². The molecule has 0 nitrogen and oxygen atoms in total. The van der Waals surface area contributed by atoms with Crippen LogP contribution < -0.4 is 0 Å². The van der Waals surface area contributed by atoms with E-state index < -0.39 is 23.3 Å². The lowest BCUT2D eigenvalue weighted by atomic mass is 10.2. The quantitative estimate of drug-likeness (QED) is 0.500. The van der Waals surface area contributed by atoms with Gasteiger partial charge in [0.2, 0.25) is 0 Å². The van der Waals surface area contributed by atoms with Gasteiger partial charge >= 0.3 is 0 Å². The fraction of sp³-hybridized carbons (Fsp3) is 0.667. The van der Waals surface area contributed by atoms with Crippen LogP contribution in [0.25, 0.3) is 0 Å². The summed E-state index contributed by atoms with van der Waals surface area (Å²) in [6, 6.07) is 15.9. The molecule has 1 aromatic carbocycles. The minimum absolute atomic E-state index is 0.901. The van der Waals surface area contributed by atoms with E-state index in [1.54, 1.807) is 5.56 Å². The first-order valence-electron chi connectivity index (χ1n) is 8.71. The Bertz CT molecular complexity index is 419. The van der Waals surface area contributed by atoms with E-state index in [1.165, 1.54) is 18.1 Å². The van der Waals surface area contributed by atoms with Crippen LogP contribution in [-0.2, 0) is 0 Å². The second kappa shape index (κ2) is 6.97. The molecule has 0 spiro atoms. The lowest BCUT2D eigenvalue weighted by Gasteiger charge is -2.52. The summed E-state index contributed by atoms with van der Waals surface area (Å²) in [6.07, 6.45) is 0. The average Bonchev–Trinajstić information content (AvgIpc) is 2.40. The third-order valence-electron chi connectivity index (χ3n) is 6.12. The SMILES string of the molecule is CC[Si](CC)(CC)[Si](C)(C)C(c1ccccc1)[Si](C)(C)C. The fourth-order valence-corrected chi connectivity index (χ4v) is 38.0. The summed E-state index contributed by atoms with van der Waals surface area (Å²) in [5.74, 6) is 0. The first-order valence-corrected chi connectivity index (χ1v) is 19.0. The standard InChI is InChI=1S/C18H36Si3/c1-9-21(10-2,11-3)20(7,8)18(19(4,5)6)17-15-13-12-14-16-17/h12-16,18H,9-11H2,1-8H3. The highest BCUT2D eigenvalue weighted by atomic mass is 29.3. The van der Waals surface area contributed by atoms with Crippen LogP contribution in [0.5, 0.6) is 0 Å². The number of hydrogen-bond donors (Lipinski definition) is 0. The highest BCUT2D eigenvalue weighted by Gasteiger charge is 2.53. The van der Waals surface area contributed by atoms with Gasteiger partial charge in [-0.3, -0.25) is 0 Å². The Morgan fingerprint density at radius 1 is 0.762 bits per heavy atom. The molecule has 0 aliphatic carbocycles. The van der Waals surface area contributed by atoms with Gasteiger partial charge in [0.05, 0.1) is 0 Å². The van der Waals surface area contributed by atoms with Crippen molar-refractivity contribution in [3.8, 4) is 0 Å². The molecule has 0 aromatic heterocycles. The maximum absolute atomic E-state index is 2.74. The Kier molecular flexibility index (Phi) is 6.28. The Hall–Kier alpha value is -0.129. The molecular formula is C18H36Si3. The number of rotatable bonds is 7. The minimum atomic E-state index is -1.29. The average molecular weight is 337 g/mol. The molecule has 0 radical (unpaired) electrons. The van der Waals surface area contributed by atoms with Crippen molar-refractivity contribution >= 4 is 23.3 Å². The van der Waals surface area contributed by atoms with Crippen LogP contribution in [0.15, 0.2) is 30.3 Å². The van der Waals surface area contributed by atoms with Gasteiger partial charge in [0.15, 0.2) is 0 Å². The molecule has 1 atom stereocenters. The molecule has 0 N–H and O–H groups in total. The lowest BCUT2D eigenvalue weighted by molar-refractivity contribution is 1.15. The zero-order chi connectivity index (χ0) is 16.3. The van der Waals surface area contributed by atoms with Crippen molar-refractivity contribution < 1.29 is 0 Å². The molecule has 0 aliphatic heterocycles. The van der Waals surface area contributed by atoms with Crippen molar-refractivity contribution in [2.75, 3.05) is 0 Å². The lowest BCUT2D eigenvalue weighted by Crippen LogP contribution is -2.66. The summed E-state index contributed by atoms with van der Waals surface area (Å²) in [5, 5.41) is 0.901. The van der Waals surface area contributed by atoms with E-state index in [4.69, 9.17) is 0 Å². The predicted octanol–water partition coefficient (Wildman–Crippen LogP) is 6.48. The Labute approximate surface area is 136 Å².